The minimum Gasteiger partial charge on any atom is -0.367 e. The zero-order valence-corrected chi connectivity index (χ0v) is 37.4. The Balaban J connectivity index is 0.791. The molecule has 1 aliphatic heterocycles. The molecule has 0 spiro atoms. The largest absolute Gasteiger partial charge is 0.367 e. The van der Waals surface area contributed by atoms with Gasteiger partial charge in [0.1, 0.15) is 17.2 Å². The summed E-state index contributed by atoms with van der Waals surface area (Å²) in [5, 5.41) is 17.6. The molecule has 1 aromatic carbocycles. The van der Waals surface area contributed by atoms with E-state index < -0.39 is 10.8 Å². The maximum Gasteiger partial charge on any atom is 0.348 e. The van der Waals surface area contributed by atoms with Crippen LogP contribution in [0.1, 0.15) is 139 Å². The van der Waals surface area contributed by atoms with Gasteiger partial charge in [0.15, 0.2) is 16.7 Å². The molecule has 18 heteroatoms. The van der Waals surface area contributed by atoms with Gasteiger partial charge in [-0.2, -0.15) is 4.98 Å². The average Bonchev–Trinajstić information content (AvgIpc) is 3.95. The summed E-state index contributed by atoms with van der Waals surface area (Å²) in [5.74, 6) is 0.133. The van der Waals surface area contributed by atoms with Gasteiger partial charge in [-0.25, -0.2) is 15.0 Å². The van der Waals surface area contributed by atoms with E-state index in [9.17, 15) is 34.1 Å². The first kappa shape index (κ1) is 45.6. The Labute approximate surface area is 374 Å². The summed E-state index contributed by atoms with van der Waals surface area (Å²) in [7, 11) is 0. The fourth-order valence-electron chi connectivity index (χ4n) is 8.72. The second kappa shape index (κ2) is 20.8. The predicted molar refractivity (Wildman–Crippen MR) is 246 cm³/mol. The normalized spacial score (nSPS) is 14.2. The van der Waals surface area contributed by atoms with Crippen molar-refractivity contribution in [3.05, 3.63) is 97.2 Å². The monoisotopic (exact) mass is 890 g/mol. The molecular weight excluding hydrogens is 837 g/mol. The number of fused-ring (bicyclic) bond motifs is 1. The number of piperazine rings is 1. The summed E-state index contributed by atoms with van der Waals surface area (Å²) in [6, 6.07) is 10.4. The first-order valence-electron chi connectivity index (χ1n) is 22.1. The average molecular weight is 891 g/mol. The summed E-state index contributed by atoms with van der Waals surface area (Å²) in [6.07, 6.45) is 14.5. The van der Waals surface area contributed by atoms with Gasteiger partial charge >= 0.3 is 5.00 Å². The summed E-state index contributed by atoms with van der Waals surface area (Å²) >= 11 is 0.778. The molecule has 2 amide bonds. The van der Waals surface area contributed by atoms with Crippen LogP contribution in [-0.2, 0) is 4.79 Å². The molecule has 5 aromatic rings. The van der Waals surface area contributed by atoms with Gasteiger partial charge in [-0.1, -0.05) is 63.1 Å². The molecular formula is C46H54N10O7S. The van der Waals surface area contributed by atoms with Crippen LogP contribution in [0.15, 0.2) is 53.6 Å². The third-order valence-electron chi connectivity index (χ3n) is 12.2. The molecule has 2 aliphatic rings. The van der Waals surface area contributed by atoms with Crippen LogP contribution in [-0.4, -0.2) is 83.9 Å². The number of anilines is 4. The number of nitrogens with zero attached hydrogens (tertiary/aromatic N) is 8. The number of amides is 2. The van der Waals surface area contributed by atoms with Crippen LogP contribution in [0.5, 0.6) is 0 Å². The molecule has 5 heterocycles. The quantitative estimate of drug-likeness (QED) is 0.0344. The van der Waals surface area contributed by atoms with Crippen molar-refractivity contribution in [1.29, 1.82) is 0 Å². The highest BCUT2D eigenvalue weighted by molar-refractivity contribution is 7.19. The number of aryl methyl sites for hydroxylation is 2. The smallest absolute Gasteiger partial charge is 0.348 e. The molecule has 0 unspecified atom stereocenters. The van der Waals surface area contributed by atoms with E-state index in [1.165, 1.54) is 13.8 Å². The Hall–Kier alpha value is -6.43. The second-order valence-electron chi connectivity index (χ2n) is 16.6. The second-order valence-corrected chi connectivity index (χ2v) is 17.5. The molecule has 0 atom stereocenters. The minimum atomic E-state index is -0.538. The fraction of sp³-hybridized carbons (Fsp3) is 0.457. The maximum atomic E-state index is 13.6. The lowest BCUT2D eigenvalue weighted by Gasteiger charge is -2.36. The van der Waals surface area contributed by atoms with Crippen molar-refractivity contribution < 1.29 is 24.1 Å². The standard InChI is InChI=1S/C46H54N10O7S/c1-29-36-28-48-45(51-41(36)55(32-15-11-12-16-32)43(61)40(29)31(3)57)50-38-22-21-33(27-47-38)53-23-25-54(26-24-53)39(59)20-10-8-6-4-5-7-9-19-37(58)34-17-13-14-18-35(34)42(60)52-46-49-30(2)44(64-46)56(62)63/h13-14,17-18,21-22,27-28,32H,4-12,15-16,19-20,23-26H2,1-3H3,(H,49,52,60)(H,47,48,50,51). The molecule has 4 aromatic heterocycles. The molecule has 64 heavy (non-hydrogen) atoms. The van der Waals surface area contributed by atoms with Crippen LogP contribution >= 0.6 is 11.3 Å². The van der Waals surface area contributed by atoms with Crippen molar-refractivity contribution >= 4 is 73.3 Å². The zero-order chi connectivity index (χ0) is 45.3. The zero-order valence-electron chi connectivity index (χ0n) is 36.6. The Morgan fingerprint density at radius 1 is 0.844 bits per heavy atom. The molecule has 0 radical (unpaired) electrons. The molecule has 0 bridgehead atoms. The fourth-order valence-corrected chi connectivity index (χ4v) is 9.50. The molecule has 1 aliphatic carbocycles. The Bertz CT molecular complexity index is 2600. The minimum absolute atomic E-state index is 0.00754. The van der Waals surface area contributed by atoms with Gasteiger partial charge in [0.05, 0.1) is 27.9 Å². The number of pyridine rings is 2. The first-order chi connectivity index (χ1) is 30.9. The van der Waals surface area contributed by atoms with Gasteiger partial charge in [-0.3, -0.25) is 44.0 Å². The SMILES string of the molecule is CC(=O)c1c(C)c2cnc(Nc3ccc(N4CCN(C(=O)CCCCCCCCCC(=O)c5ccccc5C(=O)Nc5nc(C)c([N+](=O)[O-])s5)CC4)cn3)nc2n(C2CCCC2)c1=O. The van der Waals surface area contributed by atoms with E-state index in [0.29, 0.717) is 79.4 Å². The van der Waals surface area contributed by atoms with Crippen LogP contribution in [0.25, 0.3) is 11.0 Å². The van der Waals surface area contributed by atoms with Crippen molar-refractivity contribution in [3.63, 3.8) is 0 Å². The summed E-state index contributed by atoms with van der Waals surface area (Å²) in [4.78, 5) is 97.8. The number of aromatic nitrogens is 5. The van der Waals surface area contributed by atoms with E-state index in [-0.39, 0.29) is 56.0 Å². The molecule has 1 saturated heterocycles. The number of benzene rings is 1. The number of Topliss-reactive ketones (excluding diaryl/α,β-unsaturated/α-hetero) is 2. The maximum absolute atomic E-state index is 13.6. The van der Waals surface area contributed by atoms with Gasteiger partial charge in [0.2, 0.25) is 11.9 Å². The summed E-state index contributed by atoms with van der Waals surface area (Å²) in [6.45, 7) is 7.39. The Morgan fingerprint density at radius 2 is 1.52 bits per heavy atom. The number of hydrogen-bond acceptors (Lipinski definition) is 14. The van der Waals surface area contributed by atoms with Gasteiger partial charge in [0.25, 0.3) is 11.5 Å². The number of hydrogen-bond donors (Lipinski definition) is 2. The van der Waals surface area contributed by atoms with Gasteiger partial charge in [-0.15, -0.1) is 0 Å². The van der Waals surface area contributed by atoms with Gasteiger partial charge in [-0.05, 0) is 81.6 Å². The van der Waals surface area contributed by atoms with Crippen molar-refractivity contribution in [2.45, 2.75) is 110 Å². The van der Waals surface area contributed by atoms with Gasteiger partial charge in [0, 0.05) is 62.2 Å². The van der Waals surface area contributed by atoms with Crippen LogP contribution in [0.2, 0.25) is 0 Å². The lowest BCUT2D eigenvalue weighted by molar-refractivity contribution is -0.380. The van der Waals surface area contributed by atoms with Crippen molar-refractivity contribution in [3.8, 4) is 0 Å². The molecule has 2 N–H and O–H groups in total. The molecule has 7 rings (SSSR count). The topological polar surface area (TPSA) is 216 Å². The predicted octanol–water partition coefficient (Wildman–Crippen LogP) is 8.52. The van der Waals surface area contributed by atoms with Crippen molar-refractivity contribution in [1.82, 2.24) is 29.4 Å². The van der Waals surface area contributed by atoms with Crippen LogP contribution < -0.4 is 21.1 Å². The molecule has 17 nitrogen and oxygen atoms in total. The number of rotatable bonds is 19. The number of carbonyl (C=O) groups is 4. The number of carbonyl (C=O) groups excluding carboxylic acids is 4. The van der Waals surface area contributed by atoms with Crippen LogP contribution in [0, 0.1) is 24.0 Å². The summed E-state index contributed by atoms with van der Waals surface area (Å²) < 4.78 is 1.70. The summed E-state index contributed by atoms with van der Waals surface area (Å²) in [5.41, 5.74) is 2.73. The molecule has 1 saturated carbocycles. The van der Waals surface area contributed by atoms with Gasteiger partial charge < -0.3 is 15.1 Å². The van der Waals surface area contributed by atoms with E-state index in [2.05, 4.69) is 30.5 Å². The number of nitrogens with one attached hydrogen (secondary N) is 2. The lowest BCUT2D eigenvalue weighted by Crippen LogP contribution is -2.48. The third-order valence-corrected chi connectivity index (χ3v) is 13.2. The van der Waals surface area contributed by atoms with Crippen LogP contribution in [0.4, 0.5) is 27.6 Å². The Kier molecular flexibility index (Phi) is 14.8. The van der Waals surface area contributed by atoms with Crippen molar-refractivity contribution in [2.24, 2.45) is 0 Å². The molecule has 2 fully saturated rings. The van der Waals surface area contributed by atoms with E-state index in [4.69, 9.17) is 4.98 Å². The number of unbranched alkanes of at least 4 members (excludes halogenated alkanes) is 6. The highest BCUT2D eigenvalue weighted by Gasteiger charge is 2.27. The number of ketones is 2. The first-order valence-corrected chi connectivity index (χ1v) is 22.9. The number of thiazole rings is 1. The molecule has 336 valence electrons. The number of nitro groups is 1. The lowest BCUT2D eigenvalue weighted by atomic mass is 9.98. The third kappa shape index (κ3) is 10.7. The van der Waals surface area contributed by atoms with Crippen LogP contribution in [0.3, 0.4) is 0 Å². The highest BCUT2D eigenvalue weighted by Crippen LogP contribution is 2.33. The highest BCUT2D eigenvalue weighted by atomic mass is 32.1. The van der Waals surface area contributed by atoms with E-state index in [1.807, 2.05) is 17.0 Å². The van der Waals surface area contributed by atoms with E-state index >= 15 is 0 Å². The van der Waals surface area contributed by atoms with Crippen molar-refractivity contribution in [2.75, 3.05) is 41.7 Å². The van der Waals surface area contributed by atoms with E-state index in [0.717, 1.165) is 81.2 Å². The Morgan fingerprint density at radius 3 is 2.16 bits per heavy atom. The van der Waals surface area contributed by atoms with E-state index in [1.54, 1.807) is 48.1 Å².